The van der Waals surface area contributed by atoms with Crippen molar-refractivity contribution in [1.82, 2.24) is 0 Å². The zero-order valence-corrected chi connectivity index (χ0v) is 13.8. The molecule has 1 aromatic carbocycles. The average Bonchev–Trinajstić information content (AvgIpc) is 2.44. The lowest BCUT2D eigenvalue weighted by molar-refractivity contribution is 0.682. The zero-order valence-electron chi connectivity index (χ0n) is 12.2. The van der Waals surface area contributed by atoms with Gasteiger partial charge < -0.3 is 11.1 Å². The number of unbranched alkanes of at least 4 members (excludes halogenated alkanes) is 3. The first-order chi connectivity index (χ1) is 9.65. The third kappa shape index (κ3) is 6.91. The first kappa shape index (κ1) is 17.0. The van der Waals surface area contributed by atoms with Gasteiger partial charge in [0.2, 0.25) is 0 Å². The number of rotatable bonds is 7. The van der Waals surface area contributed by atoms with Gasteiger partial charge in [0.25, 0.3) is 0 Å². The third-order valence-electron chi connectivity index (χ3n) is 2.87. The first-order valence-electron chi connectivity index (χ1n) is 6.93. The predicted octanol–water partition coefficient (Wildman–Crippen LogP) is 4.43. The Morgan fingerprint density at radius 2 is 1.95 bits per heavy atom. The Balaban J connectivity index is 2.40. The fourth-order valence-corrected chi connectivity index (χ4v) is 2.39. The quantitative estimate of drug-likeness (QED) is 0.257. The van der Waals surface area contributed by atoms with Crippen LogP contribution < -0.4 is 11.1 Å². The number of hydrogen-bond acceptors (Lipinski definition) is 2. The Bertz CT molecular complexity index is 441. The number of amidine groups is 1. The molecule has 0 aliphatic rings. The summed E-state index contributed by atoms with van der Waals surface area (Å²) in [5.41, 5.74) is 6.82. The Labute approximate surface area is 131 Å². The van der Waals surface area contributed by atoms with Crippen LogP contribution >= 0.6 is 24.0 Å². The third-order valence-corrected chi connectivity index (χ3v) is 3.81. The van der Waals surface area contributed by atoms with Crippen molar-refractivity contribution in [2.45, 2.75) is 43.9 Å². The Morgan fingerprint density at radius 1 is 1.25 bits per heavy atom. The van der Waals surface area contributed by atoms with E-state index in [1.165, 1.54) is 24.2 Å². The fraction of sp³-hybridized carbons (Fsp3) is 0.467. The first-order valence-corrected chi connectivity index (χ1v) is 8.57. The van der Waals surface area contributed by atoms with Gasteiger partial charge in [-0.3, -0.25) is 0 Å². The molecule has 5 heteroatoms. The number of nitrogens with one attached hydrogen (secondary N) is 1. The van der Waals surface area contributed by atoms with Crippen LogP contribution in [0.5, 0.6) is 0 Å². The summed E-state index contributed by atoms with van der Waals surface area (Å²) in [6.07, 6.45) is 7.61. The van der Waals surface area contributed by atoms with Gasteiger partial charge in [-0.1, -0.05) is 26.2 Å². The number of anilines is 1. The van der Waals surface area contributed by atoms with Crippen LogP contribution in [0.2, 0.25) is 0 Å². The van der Waals surface area contributed by atoms with Crippen LogP contribution in [-0.4, -0.2) is 17.2 Å². The molecule has 1 aromatic rings. The predicted molar refractivity (Wildman–Crippen MR) is 94.8 cm³/mol. The average molecular weight is 310 g/mol. The smallest absolute Gasteiger partial charge is 0.198 e. The van der Waals surface area contributed by atoms with Crippen molar-refractivity contribution >= 4 is 40.6 Å². The molecule has 0 atom stereocenters. The molecule has 0 aromatic heterocycles. The fourth-order valence-electron chi connectivity index (χ4n) is 1.75. The van der Waals surface area contributed by atoms with E-state index in [2.05, 4.69) is 23.5 Å². The number of hydrogen-bond donors (Lipinski definition) is 2. The van der Waals surface area contributed by atoms with E-state index in [1.807, 2.05) is 24.3 Å². The van der Waals surface area contributed by atoms with Crippen molar-refractivity contribution < 1.29 is 0 Å². The Hall–Kier alpha value is -1.07. The lowest BCUT2D eigenvalue weighted by atomic mass is 10.1. The largest absolute Gasteiger partial charge is 0.387 e. The van der Waals surface area contributed by atoms with E-state index in [0.29, 0.717) is 10.9 Å². The lowest BCUT2D eigenvalue weighted by Gasteiger charge is -2.06. The van der Waals surface area contributed by atoms with E-state index in [4.69, 9.17) is 18.0 Å². The van der Waals surface area contributed by atoms with Crippen LogP contribution in [0, 0.1) is 0 Å². The molecule has 3 nitrogen and oxygen atoms in total. The van der Waals surface area contributed by atoms with Gasteiger partial charge in [-0.05, 0) is 49.2 Å². The molecule has 0 amide bonds. The normalized spacial score (nSPS) is 11.4. The molecular weight excluding hydrogens is 286 g/mol. The van der Waals surface area contributed by atoms with Gasteiger partial charge in [0.05, 0.1) is 0 Å². The number of aliphatic imine (C=N–C) groups is 1. The van der Waals surface area contributed by atoms with Crippen molar-refractivity contribution in [1.29, 1.82) is 0 Å². The monoisotopic (exact) mass is 309 g/mol. The molecule has 0 radical (unpaired) electrons. The zero-order chi connectivity index (χ0) is 14.8. The lowest BCUT2D eigenvalue weighted by Crippen LogP contribution is -2.16. The molecule has 0 saturated carbocycles. The van der Waals surface area contributed by atoms with Gasteiger partial charge in [0, 0.05) is 17.0 Å². The highest BCUT2D eigenvalue weighted by Gasteiger charge is 1.99. The minimum Gasteiger partial charge on any atom is -0.387 e. The summed E-state index contributed by atoms with van der Waals surface area (Å²) >= 11 is 6.90. The van der Waals surface area contributed by atoms with E-state index in [1.54, 1.807) is 11.8 Å². The van der Waals surface area contributed by atoms with E-state index >= 15 is 0 Å². The highest BCUT2D eigenvalue weighted by atomic mass is 32.2. The van der Waals surface area contributed by atoms with Crippen molar-refractivity contribution in [2.24, 2.45) is 10.7 Å². The molecule has 20 heavy (non-hydrogen) atoms. The van der Waals surface area contributed by atoms with Gasteiger partial charge in [-0.15, -0.1) is 11.8 Å². The SMILES string of the molecule is CCCCCCC(N)=NC(=S)Nc1ccc(SC)cc1. The number of benzene rings is 1. The minimum atomic E-state index is 0.426. The maximum atomic E-state index is 5.88. The molecule has 0 unspecified atom stereocenters. The van der Waals surface area contributed by atoms with Gasteiger partial charge in [-0.2, -0.15) is 0 Å². The van der Waals surface area contributed by atoms with Crippen LogP contribution in [0.3, 0.4) is 0 Å². The summed E-state index contributed by atoms with van der Waals surface area (Å²) in [4.78, 5) is 5.44. The van der Waals surface area contributed by atoms with E-state index < -0.39 is 0 Å². The second kappa shape index (κ2) is 9.77. The molecular formula is C15H23N3S2. The van der Waals surface area contributed by atoms with Crippen LogP contribution in [0.25, 0.3) is 0 Å². The molecule has 0 fully saturated rings. The second-order valence-electron chi connectivity index (χ2n) is 4.57. The van der Waals surface area contributed by atoms with E-state index in [-0.39, 0.29) is 0 Å². The minimum absolute atomic E-state index is 0.426. The highest BCUT2D eigenvalue weighted by Crippen LogP contribution is 2.17. The molecule has 3 N–H and O–H groups in total. The second-order valence-corrected chi connectivity index (χ2v) is 5.84. The molecule has 0 aliphatic carbocycles. The van der Waals surface area contributed by atoms with Gasteiger partial charge in [0.15, 0.2) is 5.11 Å². The molecule has 110 valence electrons. The van der Waals surface area contributed by atoms with Crippen LogP contribution in [-0.2, 0) is 0 Å². The van der Waals surface area contributed by atoms with E-state index in [0.717, 1.165) is 18.5 Å². The summed E-state index contributed by atoms with van der Waals surface area (Å²) in [5.74, 6) is 0.610. The van der Waals surface area contributed by atoms with Crippen molar-refractivity contribution in [3.63, 3.8) is 0 Å². The number of thioether (sulfide) groups is 1. The molecule has 0 bridgehead atoms. The molecule has 0 saturated heterocycles. The van der Waals surface area contributed by atoms with E-state index in [9.17, 15) is 0 Å². The number of thiocarbonyl (C=S) groups is 1. The molecule has 1 rings (SSSR count). The Kier molecular flexibility index (Phi) is 8.30. The summed E-state index contributed by atoms with van der Waals surface area (Å²) < 4.78 is 0. The maximum Gasteiger partial charge on any atom is 0.198 e. The molecule has 0 aliphatic heterocycles. The van der Waals surface area contributed by atoms with Gasteiger partial charge >= 0.3 is 0 Å². The summed E-state index contributed by atoms with van der Waals surface area (Å²) in [7, 11) is 0. The maximum absolute atomic E-state index is 5.88. The summed E-state index contributed by atoms with van der Waals surface area (Å²) in [6.45, 7) is 2.19. The van der Waals surface area contributed by atoms with Crippen LogP contribution in [0.4, 0.5) is 5.69 Å². The highest BCUT2D eigenvalue weighted by molar-refractivity contribution is 7.98. The number of nitrogens with zero attached hydrogens (tertiary/aromatic N) is 1. The number of nitrogens with two attached hydrogens (primary N) is 1. The van der Waals surface area contributed by atoms with Crippen molar-refractivity contribution in [3.05, 3.63) is 24.3 Å². The van der Waals surface area contributed by atoms with Crippen LogP contribution in [0.15, 0.2) is 34.2 Å². The van der Waals surface area contributed by atoms with Crippen molar-refractivity contribution in [2.75, 3.05) is 11.6 Å². The standard InChI is InChI=1S/C15H23N3S2/c1-3-4-5-6-7-14(16)18-15(19)17-12-8-10-13(20-2)11-9-12/h8-11H,3-7H2,1-2H3,(H3,16,17,18,19). The summed E-state index contributed by atoms with van der Waals surface area (Å²) in [5, 5.41) is 3.51. The topological polar surface area (TPSA) is 50.4 Å². The molecule has 0 spiro atoms. The molecule has 0 heterocycles. The van der Waals surface area contributed by atoms with Crippen LogP contribution in [0.1, 0.15) is 39.0 Å². The Morgan fingerprint density at radius 3 is 2.55 bits per heavy atom. The van der Waals surface area contributed by atoms with Gasteiger partial charge in [-0.25, -0.2) is 4.99 Å². The summed E-state index contributed by atoms with van der Waals surface area (Å²) in [6, 6.07) is 8.08. The van der Waals surface area contributed by atoms with Crippen molar-refractivity contribution in [3.8, 4) is 0 Å². The van der Waals surface area contributed by atoms with Gasteiger partial charge in [0.1, 0.15) is 5.84 Å².